The average Bonchev–Trinajstić information content (AvgIpc) is 2.77. The minimum Gasteiger partial charge on any atom is -0.513 e. The lowest BCUT2D eigenvalue weighted by Crippen LogP contribution is -2.49. The third-order valence-electron chi connectivity index (χ3n) is 6.51. The first-order valence-electron chi connectivity index (χ1n) is 11.4. The Morgan fingerprint density at radius 1 is 1.21 bits per heavy atom. The molecule has 3 aliphatic carbocycles. The summed E-state index contributed by atoms with van der Waals surface area (Å²) in [5, 5.41) is 22.2. The molecule has 182 valence electrons. The lowest BCUT2D eigenvalue weighted by atomic mass is 9.61. The number of rotatable bonds is 6. The van der Waals surface area contributed by atoms with Gasteiger partial charge in [-0.25, -0.2) is 19.3 Å². The largest absolute Gasteiger partial charge is 0.513 e. The Morgan fingerprint density at radius 2 is 1.85 bits per heavy atom. The highest BCUT2D eigenvalue weighted by atomic mass is 32.2. The molecule has 0 aromatic carbocycles. The molecule has 3 saturated carbocycles. The van der Waals surface area contributed by atoms with Crippen LogP contribution in [-0.4, -0.2) is 36.6 Å². The van der Waals surface area contributed by atoms with Crippen LogP contribution in [0.4, 0.5) is 20.4 Å². The van der Waals surface area contributed by atoms with Crippen molar-refractivity contribution in [2.24, 2.45) is 17.8 Å². The second-order valence-corrected chi connectivity index (χ2v) is 11.9. The monoisotopic (exact) mass is 488 g/mol. The molecule has 0 spiro atoms. The first kappa shape index (κ1) is 24.4. The minimum atomic E-state index is -0.652. The maximum atomic E-state index is 15.7. The van der Waals surface area contributed by atoms with Gasteiger partial charge in [0.25, 0.3) is 0 Å². The van der Waals surface area contributed by atoms with E-state index in [0.29, 0.717) is 0 Å². The second kappa shape index (κ2) is 9.13. The van der Waals surface area contributed by atoms with Crippen LogP contribution in [0.25, 0.3) is 0 Å². The van der Waals surface area contributed by atoms with Gasteiger partial charge in [-0.2, -0.15) is 4.39 Å². The van der Waals surface area contributed by atoms with Crippen molar-refractivity contribution in [3.63, 3.8) is 0 Å². The lowest BCUT2D eigenvalue weighted by Gasteiger charge is -2.48. The van der Waals surface area contributed by atoms with Crippen molar-refractivity contribution in [2.45, 2.75) is 62.3 Å². The van der Waals surface area contributed by atoms with E-state index >= 15 is 4.39 Å². The number of hydrogen-bond acceptors (Lipinski definition) is 8. The summed E-state index contributed by atoms with van der Waals surface area (Å²) in [7, 11) is 0. The summed E-state index contributed by atoms with van der Waals surface area (Å²) in [6.45, 7) is 9.56. The Bertz CT molecular complexity index is 1130. The van der Waals surface area contributed by atoms with Gasteiger partial charge in [0, 0.05) is 22.3 Å². The molecule has 0 radical (unpaired) electrons. The molecule has 0 aliphatic heterocycles. The molecular formula is C24H30F2N6OS. The summed E-state index contributed by atoms with van der Waals surface area (Å²) in [6.07, 6.45) is 4.94. The SMILES string of the molecule is C=C(O)C1C2CCC(CC2)C1Nc1nc(C(=N)c2cc(F)cnc2N)nc(SC(C)(C)C)c1F. The molecule has 3 aliphatic rings. The van der Waals surface area contributed by atoms with E-state index in [0.717, 1.165) is 37.9 Å². The number of nitrogens with two attached hydrogens (primary N) is 1. The number of nitrogens with one attached hydrogen (secondary N) is 2. The number of nitrogens with zero attached hydrogens (tertiary/aromatic N) is 3. The van der Waals surface area contributed by atoms with Gasteiger partial charge in [-0.1, -0.05) is 39.1 Å². The van der Waals surface area contributed by atoms with Gasteiger partial charge in [-0.05, 0) is 43.6 Å². The number of aromatic nitrogens is 3. The number of hydrogen-bond donors (Lipinski definition) is 4. The number of aliphatic hydroxyl groups is 1. The van der Waals surface area contributed by atoms with E-state index in [4.69, 9.17) is 11.1 Å². The Labute approximate surface area is 202 Å². The van der Waals surface area contributed by atoms with Crippen molar-refractivity contribution in [1.29, 1.82) is 5.41 Å². The van der Waals surface area contributed by atoms with Crippen LogP contribution in [0.5, 0.6) is 0 Å². The number of halogens is 2. The summed E-state index contributed by atoms with van der Waals surface area (Å²) in [6, 6.07) is 0.859. The number of nitrogen functional groups attached to an aromatic ring is 1. The summed E-state index contributed by atoms with van der Waals surface area (Å²) < 4.78 is 29.1. The standard InChI is InChI=1S/C24H30F2N6OS/c1-11(33)16-12-5-7-13(8-6-12)19(16)30-21-17(26)23(34-24(2,3)4)32-22(31-21)18(27)15-9-14(25)10-29-20(15)28/h9-10,12-13,16,19,27,33H,1,5-8H2,2-4H3,(H2,28,29)(H,30,31,32). The first-order chi connectivity index (χ1) is 15.9. The predicted molar refractivity (Wildman–Crippen MR) is 130 cm³/mol. The molecule has 5 N–H and O–H groups in total. The molecule has 2 unspecified atom stereocenters. The Kier molecular flexibility index (Phi) is 6.54. The fraction of sp³-hybridized carbons (Fsp3) is 0.500. The highest BCUT2D eigenvalue weighted by Gasteiger charge is 2.45. The molecule has 3 fully saturated rings. The van der Waals surface area contributed by atoms with E-state index in [2.05, 4.69) is 26.8 Å². The van der Waals surface area contributed by atoms with Crippen molar-refractivity contribution in [3.8, 4) is 0 Å². The zero-order valence-corrected chi connectivity index (χ0v) is 20.3. The van der Waals surface area contributed by atoms with Crippen LogP contribution in [0.2, 0.25) is 0 Å². The van der Waals surface area contributed by atoms with Gasteiger partial charge < -0.3 is 16.2 Å². The molecule has 10 heteroatoms. The van der Waals surface area contributed by atoms with Crippen LogP contribution in [0.1, 0.15) is 57.8 Å². The summed E-state index contributed by atoms with van der Waals surface area (Å²) in [4.78, 5) is 12.4. The smallest absolute Gasteiger partial charge is 0.197 e. The number of thioether (sulfide) groups is 1. The van der Waals surface area contributed by atoms with Gasteiger partial charge in [0.2, 0.25) is 0 Å². The topological polar surface area (TPSA) is 121 Å². The van der Waals surface area contributed by atoms with E-state index < -0.39 is 11.6 Å². The van der Waals surface area contributed by atoms with Gasteiger partial charge in [-0.15, -0.1) is 0 Å². The van der Waals surface area contributed by atoms with Crippen molar-refractivity contribution >= 4 is 29.1 Å². The molecule has 0 saturated heterocycles. The summed E-state index contributed by atoms with van der Waals surface area (Å²) >= 11 is 1.21. The van der Waals surface area contributed by atoms with Crippen molar-refractivity contribution in [1.82, 2.24) is 15.0 Å². The van der Waals surface area contributed by atoms with Crippen molar-refractivity contribution in [3.05, 3.63) is 47.6 Å². The van der Waals surface area contributed by atoms with Crippen LogP contribution >= 0.6 is 11.8 Å². The van der Waals surface area contributed by atoms with E-state index in [-0.39, 0.29) is 68.1 Å². The van der Waals surface area contributed by atoms with Gasteiger partial charge in [0.1, 0.15) is 22.4 Å². The number of anilines is 2. The summed E-state index contributed by atoms with van der Waals surface area (Å²) in [5.41, 5.74) is 5.65. The fourth-order valence-corrected chi connectivity index (χ4v) is 5.96. The zero-order chi connectivity index (χ0) is 24.8. The minimum absolute atomic E-state index is 0.0302. The normalized spacial score (nSPS) is 24.1. The number of aliphatic hydroxyl groups excluding tert-OH is 1. The zero-order valence-electron chi connectivity index (χ0n) is 19.5. The molecule has 2 aromatic rings. The van der Waals surface area contributed by atoms with Gasteiger partial charge in [0.15, 0.2) is 17.5 Å². The molecule has 2 aromatic heterocycles. The number of pyridine rings is 1. The maximum Gasteiger partial charge on any atom is 0.197 e. The summed E-state index contributed by atoms with van der Waals surface area (Å²) in [5.74, 6) is -1.03. The van der Waals surface area contributed by atoms with Gasteiger partial charge in [-0.3, -0.25) is 5.41 Å². The highest BCUT2D eigenvalue weighted by molar-refractivity contribution is 8.00. The number of fused-ring (bicyclic) bond motifs is 3. The average molecular weight is 489 g/mol. The molecule has 2 bridgehead atoms. The lowest BCUT2D eigenvalue weighted by molar-refractivity contribution is 0.0759. The third kappa shape index (κ3) is 4.87. The quantitative estimate of drug-likeness (QED) is 0.188. The first-order valence-corrected chi connectivity index (χ1v) is 12.2. The molecule has 7 nitrogen and oxygen atoms in total. The fourth-order valence-electron chi connectivity index (χ4n) is 5.06. The van der Waals surface area contributed by atoms with Gasteiger partial charge >= 0.3 is 0 Å². The van der Waals surface area contributed by atoms with E-state index in [1.54, 1.807) is 0 Å². The maximum absolute atomic E-state index is 15.7. The van der Waals surface area contributed by atoms with Crippen LogP contribution in [0, 0.1) is 34.8 Å². The Hall–Kier alpha value is -2.75. The third-order valence-corrected chi connectivity index (χ3v) is 7.59. The molecule has 2 heterocycles. The van der Waals surface area contributed by atoms with E-state index in [1.807, 2.05) is 20.8 Å². The predicted octanol–water partition coefficient (Wildman–Crippen LogP) is 5.33. The van der Waals surface area contributed by atoms with Crippen LogP contribution < -0.4 is 11.1 Å². The molecule has 5 rings (SSSR count). The van der Waals surface area contributed by atoms with Gasteiger partial charge in [0.05, 0.1) is 12.0 Å². The van der Waals surface area contributed by atoms with Crippen LogP contribution in [0.15, 0.2) is 29.6 Å². The van der Waals surface area contributed by atoms with Crippen molar-refractivity contribution in [2.75, 3.05) is 11.1 Å². The van der Waals surface area contributed by atoms with E-state index in [1.165, 1.54) is 11.8 Å². The second-order valence-electron chi connectivity index (χ2n) is 10.1. The van der Waals surface area contributed by atoms with Crippen molar-refractivity contribution < 1.29 is 13.9 Å². The van der Waals surface area contributed by atoms with Crippen LogP contribution in [0.3, 0.4) is 0 Å². The molecular weight excluding hydrogens is 458 g/mol. The Morgan fingerprint density at radius 3 is 2.47 bits per heavy atom. The van der Waals surface area contributed by atoms with E-state index in [9.17, 15) is 9.50 Å². The van der Waals surface area contributed by atoms with Crippen LogP contribution in [-0.2, 0) is 0 Å². The molecule has 34 heavy (non-hydrogen) atoms. The molecule has 2 atom stereocenters. The highest BCUT2D eigenvalue weighted by Crippen LogP contribution is 2.48. The Balaban J connectivity index is 1.77. The molecule has 0 amide bonds.